The van der Waals surface area contributed by atoms with E-state index >= 15 is 0 Å². The summed E-state index contributed by atoms with van der Waals surface area (Å²) in [5.74, 6) is -1.15. The van der Waals surface area contributed by atoms with E-state index in [1.165, 1.54) is 23.8 Å². The third-order valence-corrected chi connectivity index (χ3v) is 8.12. The number of thiazole rings is 1. The van der Waals surface area contributed by atoms with Gasteiger partial charge in [0.1, 0.15) is 5.75 Å². The number of esters is 3. The zero-order valence-electron chi connectivity index (χ0n) is 26.2. The van der Waals surface area contributed by atoms with Crippen molar-refractivity contribution in [3.8, 4) is 17.2 Å². The highest BCUT2D eigenvalue weighted by atomic mass is 35.5. The van der Waals surface area contributed by atoms with Gasteiger partial charge in [-0.25, -0.2) is 19.4 Å². The van der Waals surface area contributed by atoms with Gasteiger partial charge in [-0.15, -0.1) is 0 Å². The summed E-state index contributed by atoms with van der Waals surface area (Å²) in [6.07, 6.45) is 1.53. The molecule has 47 heavy (non-hydrogen) atoms. The van der Waals surface area contributed by atoms with Gasteiger partial charge in [0, 0.05) is 10.6 Å². The Morgan fingerprint density at radius 1 is 0.936 bits per heavy atom. The van der Waals surface area contributed by atoms with Gasteiger partial charge >= 0.3 is 17.9 Å². The Hall–Kier alpha value is -4.33. The molecular weight excluding hydrogens is 675 g/mol. The number of methoxy groups -OCH3 is 1. The number of allylic oxidation sites excluding steroid dienone is 1. The molecule has 0 N–H and O–H groups in total. The summed E-state index contributed by atoms with van der Waals surface area (Å²) in [7, 11) is 1.25. The average molecular weight is 708 g/mol. The van der Waals surface area contributed by atoms with Crippen LogP contribution < -0.4 is 29.1 Å². The summed E-state index contributed by atoms with van der Waals surface area (Å²) >= 11 is 13.8. The number of rotatable bonds is 13. The molecule has 1 aliphatic rings. The van der Waals surface area contributed by atoms with Crippen LogP contribution in [0.5, 0.6) is 17.2 Å². The van der Waals surface area contributed by atoms with Gasteiger partial charge in [-0.1, -0.05) is 40.6 Å². The molecule has 12 nitrogen and oxygen atoms in total. The van der Waals surface area contributed by atoms with Crippen LogP contribution in [-0.2, 0) is 28.6 Å². The topological polar surface area (TPSA) is 141 Å². The van der Waals surface area contributed by atoms with Gasteiger partial charge in [-0.3, -0.25) is 9.36 Å². The molecule has 2 aromatic carbocycles. The largest absolute Gasteiger partial charge is 0.490 e. The lowest BCUT2D eigenvalue weighted by Gasteiger charge is -2.25. The monoisotopic (exact) mass is 706 g/mol. The van der Waals surface area contributed by atoms with Crippen molar-refractivity contribution in [2.45, 2.75) is 33.7 Å². The van der Waals surface area contributed by atoms with Crippen molar-refractivity contribution >= 4 is 58.5 Å². The van der Waals surface area contributed by atoms with E-state index < -0.39 is 36.1 Å². The molecule has 1 atom stereocenters. The Morgan fingerprint density at radius 3 is 2.34 bits per heavy atom. The second-order valence-corrected chi connectivity index (χ2v) is 11.6. The Bertz CT molecular complexity index is 1900. The summed E-state index contributed by atoms with van der Waals surface area (Å²) < 4.78 is 33.7. The SMILES string of the molecule is CCOC(=O)COc1c(Cl)cc(Cl)cc1/C=c1/sc2n(c1=O)[C@H](c1ccc(OCC(=O)OC)c(OCC)c1)C(C(=O)OCC)=C(C)N=2. The Kier molecular flexibility index (Phi) is 12.1. The third kappa shape index (κ3) is 8.16. The van der Waals surface area contributed by atoms with Crippen LogP contribution in [0.3, 0.4) is 0 Å². The molecular formula is C32H32Cl2N2O10S. The normalized spacial score (nSPS) is 14.2. The molecule has 0 bridgehead atoms. The fourth-order valence-corrected chi connectivity index (χ4v) is 6.30. The number of ether oxygens (including phenoxy) is 6. The van der Waals surface area contributed by atoms with Crippen LogP contribution in [-0.4, -0.2) is 62.6 Å². The molecule has 3 aromatic rings. The Labute approximate surface area is 283 Å². The van der Waals surface area contributed by atoms with Gasteiger partial charge in [-0.05, 0) is 63.6 Å². The summed E-state index contributed by atoms with van der Waals surface area (Å²) in [6, 6.07) is 6.90. The highest BCUT2D eigenvalue weighted by molar-refractivity contribution is 7.07. The quantitative estimate of drug-likeness (QED) is 0.189. The lowest BCUT2D eigenvalue weighted by Crippen LogP contribution is -2.40. The molecule has 0 saturated heterocycles. The highest BCUT2D eigenvalue weighted by Crippen LogP contribution is 2.37. The number of hydrogen-bond acceptors (Lipinski definition) is 12. The van der Waals surface area contributed by atoms with Gasteiger partial charge in [0.05, 0.1) is 53.8 Å². The second kappa shape index (κ2) is 16.0. The molecule has 1 aromatic heterocycles. The van der Waals surface area contributed by atoms with Crippen molar-refractivity contribution in [1.82, 2.24) is 4.57 Å². The molecule has 0 spiro atoms. The minimum Gasteiger partial charge on any atom is -0.490 e. The molecule has 0 unspecified atom stereocenters. The number of halogens is 2. The van der Waals surface area contributed by atoms with Crippen LogP contribution in [0.1, 0.15) is 44.9 Å². The zero-order valence-corrected chi connectivity index (χ0v) is 28.5. The number of carbonyl (C=O) groups is 3. The number of carbonyl (C=O) groups excluding carboxylic acids is 3. The summed E-state index contributed by atoms with van der Waals surface area (Å²) in [5, 5.41) is 0.394. The van der Waals surface area contributed by atoms with Crippen molar-refractivity contribution in [1.29, 1.82) is 0 Å². The average Bonchev–Trinajstić information content (AvgIpc) is 3.33. The Balaban J connectivity index is 1.90. The minimum absolute atomic E-state index is 0.0986. The first-order chi connectivity index (χ1) is 22.5. The van der Waals surface area contributed by atoms with Crippen LogP contribution in [0.2, 0.25) is 10.0 Å². The van der Waals surface area contributed by atoms with Crippen LogP contribution in [0.25, 0.3) is 6.08 Å². The molecule has 4 rings (SSSR count). The van der Waals surface area contributed by atoms with Crippen molar-refractivity contribution in [3.63, 3.8) is 0 Å². The highest BCUT2D eigenvalue weighted by Gasteiger charge is 2.34. The summed E-state index contributed by atoms with van der Waals surface area (Å²) in [5.41, 5.74) is 0.855. The van der Waals surface area contributed by atoms with Crippen molar-refractivity contribution in [2.24, 2.45) is 4.99 Å². The number of benzene rings is 2. The first kappa shape index (κ1) is 35.5. The molecule has 0 aliphatic carbocycles. The van der Waals surface area contributed by atoms with Gasteiger partial charge in [0.25, 0.3) is 5.56 Å². The van der Waals surface area contributed by atoms with E-state index in [1.807, 2.05) is 0 Å². The maximum atomic E-state index is 14.2. The summed E-state index contributed by atoms with van der Waals surface area (Å²) in [4.78, 5) is 56.1. The first-order valence-corrected chi connectivity index (χ1v) is 16.0. The van der Waals surface area contributed by atoms with Crippen LogP contribution in [0.15, 0.2) is 51.4 Å². The van der Waals surface area contributed by atoms with Crippen molar-refractivity contribution < 1.29 is 42.8 Å². The van der Waals surface area contributed by atoms with Crippen molar-refractivity contribution in [3.05, 3.63) is 82.5 Å². The van der Waals surface area contributed by atoms with E-state index in [0.717, 1.165) is 11.3 Å². The molecule has 250 valence electrons. The number of fused-ring (bicyclic) bond motifs is 1. The molecule has 15 heteroatoms. The van der Waals surface area contributed by atoms with E-state index in [-0.39, 0.29) is 63.8 Å². The van der Waals surface area contributed by atoms with Gasteiger partial charge in [-0.2, -0.15) is 0 Å². The van der Waals surface area contributed by atoms with Crippen LogP contribution >= 0.6 is 34.5 Å². The van der Waals surface area contributed by atoms with E-state index in [2.05, 4.69) is 9.73 Å². The minimum atomic E-state index is -0.969. The lowest BCUT2D eigenvalue weighted by atomic mass is 9.95. The van der Waals surface area contributed by atoms with E-state index in [1.54, 1.807) is 52.0 Å². The molecule has 0 radical (unpaired) electrons. The van der Waals surface area contributed by atoms with Crippen LogP contribution in [0, 0.1) is 0 Å². The van der Waals surface area contributed by atoms with Gasteiger partial charge in [0.2, 0.25) is 0 Å². The number of aromatic nitrogens is 1. The predicted molar refractivity (Wildman–Crippen MR) is 174 cm³/mol. The molecule has 0 saturated carbocycles. The first-order valence-electron chi connectivity index (χ1n) is 14.5. The van der Waals surface area contributed by atoms with E-state index in [4.69, 9.17) is 46.9 Å². The smallest absolute Gasteiger partial charge is 0.344 e. The zero-order chi connectivity index (χ0) is 34.2. The third-order valence-electron chi connectivity index (χ3n) is 6.64. The number of nitrogens with zero attached hydrogens (tertiary/aromatic N) is 2. The van der Waals surface area contributed by atoms with Crippen LogP contribution in [0.4, 0.5) is 0 Å². The molecule has 1 aliphatic heterocycles. The van der Waals surface area contributed by atoms with E-state index in [0.29, 0.717) is 21.6 Å². The number of hydrogen-bond donors (Lipinski definition) is 0. The Morgan fingerprint density at radius 2 is 1.66 bits per heavy atom. The van der Waals surface area contributed by atoms with Gasteiger partial charge in [0.15, 0.2) is 29.5 Å². The van der Waals surface area contributed by atoms with Gasteiger partial charge < -0.3 is 28.4 Å². The molecule has 0 amide bonds. The van der Waals surface area contributed by atoms with Crippen molar-refractivity contribution in [2.75, 3.05) is 40.1 Å². The summed E-state index contributed by atoms with van der Waals surface area (Å²) in [6.45, 7) is 6.56. The molecule has 2 heterocycles. The lowest BCUT2D eigenvalue weighted by molar-refractivity contribution is -0.145. The maximum absolute atomic E-state index is 14.2. The van der Waals surface area contributed by atoms with E-state index in [9.17, 15) is 19.2 Å². The molecule has 0 fully saturated rings. The standard InChI is InChI=1S/C32H32Cl2N2O10S/c1-6-42-23-12-18(9-10-22(23)45-15-25(37)41-5)28-27(31(40)44-8-3)17(4)35-32-36(28)30(39)24(47-32)13-19-11-20(33)14-21(34)29(19)46-16-26(38)43-7-2/h9-14,28H,6-8,15-16H2,1-5H3/b24-13+/t28-/m1/s1. The maximum Gasteiger partial charge on any atom is 0.344 e. The fraction of sp³-hybridized carbons (Fsp3) is 0.344. The fourth-order valence-electron chi connectivity index (χ4n) is 4.70. The predicted octanol–water partition coefficient (Wildman–Crippen LogP) is 4.00. The second-order valence-electron chi connectivity index (χ2n) is 9.71.